The van der Waals surface area contributed by atoms with Crippen LogP contribution >= 0.6 is 11.6 Å². The van der Waals surface area contributed by atoms with Gasteiger partial charge in [-0.2, -0.15) is 0 Å². The van der Waals surface area contributed by atoms with Gasteiger partial charge in [0.2, 0.25) is 5.28 Å². The minimum Gasteiger partial charge on any atom is -0.495 e. The SMILES string of the molecule is COc1ccccc1Nc1cc(C(=O)O)nc(Cl)n1. The van der Waals surface area contributed by atoms with Gasteiger partial charge in [0.05, 0.1) is 12.8 Å². The maximum atomic E-state index is 10.9. The molecule has 98 valence electrons. The molecule has 0 fully saturated rings. The van der Waals surface area contributed by atoms with Crippen molar-refractivity contribution in [2.75, 3.05) is 12.4 Å². The number of ether oxygens (including phenoxy) is 1. The van der Waals surface area contributed by atoms with Crippen molar-refractivity contribution >= 4 is 29.1 Å². The summed E-state index contributed by atoms with van der Waals surface area (Å²) in [6.07, 6.45) is 0. The molecule has 19 heavy (non-hydrogen) atoms. The van der Waals surface area contributed by atoms with Crippen LogP contribution < -0.4 is 10.1 Å². The number of carboxylic acid groups (broad SMARTS) is 1. The fourth-order valence-corrected chi connectivity index (χ4v) is 1.66. The third-order valence-electron chi connectivity index (χ3n) is 2.29. The van der Waals surface area contributed by atoms with Gasteiger partial charge in [-0.1, -0.05) is 12.1 Å². The molecule has 0 amide bonds. The quantitative estimate of drug-likeness (QED) is 0.837. The Hall–Kier alpha value is -2.34. The number of aromatic carboxylic acids is 1. The van der Waals surface area contributed by atoms with E-state index in [-0.39, 0.29) is 16.8 Å². The van der Waals surface area contributed by atoms with Gasteiger partial charge in [0, 0.05) is 6.07 Å². The number of rotatable bonds is 4. The zero-order valence-electron chi connectivity index (χ0n) is 9.92. The Bertz CT molecular complexity index is 619. The molecule has 0 saturated carbocycles. The number of carboxylic acids is 1. The third kappa shape index (κ3) is 3.11. The highest BCUT2D eigenvalue weighted by atomic mass is 35.5. The predicted octanol–water partition coefficient (Wildman–Crippen LogP) is 2.58. The summed E-state index contributed by atoms with van der Waals surface area (Å²) in [5, 5.41) is 11.7. The summed E-state index contributed by atoms with van der Waals surface area (Å²) in [5.41, 5.74) is 0.466. The monoisotopic (exact) mass is 279 g/mol. The summed E-state index contributed by atoms with van der Waals surface area (Å²) in [6.45, 7) is 0. The first kappa shape index (κ1) is 13.1. The van der Waals surface area contributed by atoms with Crippen LogP contribution in [-0.4, -0.2) is 28.2 Å². The van der Waals surface area contributed by atoms with Gasteiger partial charge in [0.1, 0.15) is 11.6 Å². The standard InChI is InChI=1S/C12H10ClN3O3/c1-19-9-5-3-2-4-7(9)14-10-6-8(11(17)18)15-12(13)16-10/h2-6H,1H3,(H,17,18)(H,14,15,16). The van der Waals surface area contributed by atoms with E-state index in [1.807, 2.05) is 12.1 Å². The van der Waals surface area contributed by atoms with Crippen LogP contribution in [0.5, 0.6) is 5.75 Å². The number of aromatic nitrogens is 2. The molecule has 0 radical (unpaired) electrons. The van der Waals surface area contributed by atoms with Crippen LogP contribution in [0.15, 0.2) is 30.3 Å². The maximum Gasteiger partial charge on any atom is 0.354 e. The number of halogens is 1. The molecule has 1 heterocycles. The molecule has 0 unspecified atom stereocenters. The number of para-hydroxylation sites is 2. The molecule has 2 aromatic rings. The Morgan fingerprint density at radius 1 is 1.37 bits per heavy atom. The van der Waals surface area contributed by atoms with Crippen LogP contribution in [0.3, 0.4) is 0 Å². The summed E-state index contributed by atoms with van der Waals surface area (Å²) in [5.74, 6) is -0.289. The smallest absolute Gasteiger partial charge is 0.354 e. The molecule has 0 atom stereocenters. The van der Waals surface area contributed by atoms with Crippen LogP contribution in [0.1, 0.15) is 10.5 Å². The molecule has 0 bridgehead atoms. The molecule has 0 saturated heterocycles. The zero-order chi connectivity index (χ0) is 13.8. The Morgan fingerprint density at radius 3 is 2.79 bits per heavy atom. The molecule has 2 N–H and O–H groups in total. The van der Waals surface area contributed by atoms with E-state index >= 15 is 0 Å². The zero-order valence-corrected chi connectivity index (χ0v) is 10.7. The van der Waals surface area contributed by atoms with Gasteiger partial charge in [-0.05, 0) is 23.7 Å². The van der Waals surface area contributed by atoms with Crippen molar-refractivity contribution in [1.82, 2.24) is 9.97 Å². The van der Waals surface area contributed by atoms with Crippen LogP contribution in [0.4, 0.5) is 11.5 Å². The summed E-state index contributed by atoms with van der Waals surface area (Å²) < 4.78 is 5.17. The second-order valence-electron chi connectivity index (χ2n) is 3.54. The van der Waals surface area contributed by atoms with E-state index in [1.165, 1.54) is 13.2 Å². The van der Waals surface area contributed by atoms with Gasteiger partial charge in [0.15, 0.2) is 5.69 Å². The Balaban J connectivity index is 2.35. The second kappa shape index (κ2) is 5.53. The summed E-state index contributed by atoms with van der Waals surface area (Å²) in [4.78, 5) is 18.4. The van der Waals surface area contributed by atoms with E-state index in [9.17, 15) is 4.79 Å². The molecule has 0 aliphatic heterocycles. The van der Waals surface area contributed by atoms with Crippen molar-refractivity contribution in [3.63, 3.8) is 0 Å². The van der Waals surface area contributed by atoms with Crippen molar-refractivity contribution in [3.8, 4) is 5.75 Å². The molecule has 6 nitrogen and oxygen atoms in total. The van der Waals surface area contributed by atoms with Gasteiger partial charge in [-0.25, -0.2) is 14.8 Å². The van der Waals surface area contributed by atoms with Crippen LogP contribution in [0, 0.1) is 0 Å². The highest BCUT2D eigenvalue weighted by Gasteiger charge is 2.10. The lowest BCUT2D eigenvalue weighted by molar-refractivity contribution is 0.0690. The van der Waals surface area contributed by atoms with Gasteiger partial charge in [-0.15, -0.1) is 0 Å². The van der Waals surface area contributed by atoms with Gasteiger partial charge in [-0.3, -0.25) is 0 Å². The van der Waals surface area contributed by atoms with Crippen LogP contribution in [0.2, 0.25) is 5.28 Å². The number of hydrogen-bond acceptors (Lipinski definition) is 5. The van der Waals surface area contributed by atoms with Crippen molar-refractivity contribution < 1.29 is 14.6 Å². The average molecular weight is 280 g/mol. The number of anilines is 2. The Kier molecular flexibility index (Phi) is 3.82. The Morgan fingerprint density at radius 2 is 2.11 bits per heavy atom. The fourth-order valence-electron chi connectivity index (χ4n) is 1.48. The van der Waals surface area contributed by atoms with E-state index in [2.05, 4.69) is 15.3 Å². The number of hydrogen-bond donors (Lipinski definition) is 2. The number of carbonyl (C=O) groups is 1. The minimum atomic E-state index is -1.17. The number of methoxy groups -OCH3 is 1. The first-order valence-corrected chi connectivity index (χ1v) is 5.66. The van der Waals surface area contributed by atoms with E-state index in [1.54, 1.807) is 12.1 Å². The molecule has 7 heteroatoms. The average Bonchev–Trinajstić information content (AvgIpc) is 2.38. The lowest BCUT2D eigenvalue weighted by Crippen LogP contribution is -2.04. The van der Waals surface area contributed by atoms with Gasteiger partial charge >= 0.3 is 5.97 Å². The number of benzene rings is 1. The summed E-state index contributed by atoms with van der Waals surface area (Å²) in [6, 6.07) is 8.46. The largest absolute Gasteiger partial charge is 0.495 e. The lowest BCUT2D eigenvalue weighted by Gasteiger charge is -2.10. The third-order valence-corrected chi connectivity index (χ3v) is 2.46. The van der Waals surface area contributed by atoms with E-state index < -0.39 is 5.97 Å². The predicted molar refractivity (Wildman–Crippen MR) is 70.3 cm³/mol. The second-order valence-corrected chi connectivity index (χ2v) is 3.88. The van der Waals surface area contributed by atoms with Crippen molar-refractivity contribution in [3.05, 3.63) is 41.3 Å². The first-order chi connectivity index (χ1) is 9.10. The lowest BCUT2D eigenvalue weighted by atomic mass is 10.3. The summed E-state index contributed by atoms with van der Waals surface area (Å²) in [7, 11) is 1.54. The number of nitrogens with one attached hydrogen (secondary N) is 1. The highest BCUT2D eigenvalue weighted by molar-refractivity contribution is 6.28. The van der Waals surface area contributed by atoms with Crippen LogP contribution in [0.25, 0.3) is 0 Å². The minimum absolute atomic E-state index is 0.141. The Labute approximate surface area is 114 Å². The molecule has 1 aromatic heterocycles. The van der Waals surface area contributed by atoms with E-state index in [0.717, 1.165) is 0 Å². The van der Waals surface area contributed by atoms with Gasteiger partial charge < -0.3 is 15.2 Å². The van der Waals surface area contributed by atoms with E-state index in [4.69, 9.17) is 21.4 Å². The molecular weight excluding hydrogens is 270 g/mol. The van der Waals surface area contributed by atoms with Crippen molar-refractivity contribution in [1.29, 1.82) is 0 Å². The normalized spacial score (nSPS) is 10.0. The molecular formula is C12H10ClN3O3. The van der Waals surface area contributed by atoms with Crippen LogP contribution in [-0.2, 0) is 0 Å². The van der Waals surface area contributed by atoms with Crippen molar-refractivity contribution in [2.45, 2.75) is 0 Å². The molecule has 0 aliphatic carbocycles. The topological polar surface area (TPSA) is 84.3 Å². The van der Waals surface area contributed by atoms with Crippen molar-refractivity contribution in [2.24, 2.45) is 0 Å². The highest BCUT2D eigenvalue weighted by Crippen LogP contribution is 2.26. The maximum absolute atomic E-state index is 10.9. The molecule has 2 rings (SSSR count). The molecule has 1 aromatic carbocycles. The summed E-state index contributed by atoms with van der Waals surface area (Å²) >= 11 is 5.68. The fraction of sp³-hybridized carbons (Fsp3) is 0.0833. The van der Waals surface area contributed by atoms with E-state index in [0.29, 0.717) is 11.4 Å². The van der Waals surface area contributed by atoms with Gasteiger partial charge in [0.25, 0.3) is 0 Å². The molecule has 0 spiro atoms. The number of nitrogens with zero attached hydrogens (tertiary/aromatic N) is 2. The first-order valence-electron chi connectivity index (χ1n) is 5.28. The molecule has 0 aliphatic rings.